The minimum Gasteiger partial charge on any atom is -0.439 e. The van der Waals surface area contributed by atoms with E-state index in [-0.39, 0.29) is 35.0 Å². The number of hydrogen-bond donors (Lipinski definition) is 3. The average molecular weight is 467 g/mol. The third-order valence-corrected chi connectivity index (χ3v) is 6.88. The zero-order chi connectivity index (χ0) is 22.9. The van der Waals surface area contributed by atoms with E-state index in [9.17, 15) is 27.1 Å². The second kappa shape index (κ2) is 8.57. The van der Waals surface area contributed by atoms with E-state index in [0.717, 1.165) is 12.1 Å². The Hall–Kier alpha value is -2.89. The van der Waals surface area contributed by atoms with Gasteiger partial charge in [0.1, 0.15) is 11.4 Å². The van der Waals surface area contributed by atoms with Crippen molar-refractivity contribution in [2.45, 2.75) is 25.1 Å². The number of nitrogens with one attached hydrogen (secondary N) is 1. The SMILES string of the molecule is O=C(NC1CCS(O)(O)CC1)c1ccc2cc(Oc3ccc(C(F)(F)F)cn3)ccc2n1. The maximum atomic E-state index is 12.6. The summed E-state index contributed by atoms with van der Waals surface area (Å²) in [7, 11) is -2.51. The quantitative estimate of drug-likeness (QED) is 0.494. The smallest absolute Gasteiger partial charge is 0.417 e. The minimum atomic E-state index is -4.47. The van der Waals surface area contributed by atoms with Gasteiger partial charge in [-0.05, 0) is 43.2 Å². The number of carbonyl (C=O) groups is 1. The van der Waals surface area contributed by atoms with E-state index in [1.54, 1.807) is 30.3 Å². The van der Waals surface area contributed by atoms with Gasteiger partial charge in [0.25, 0.3) is 5.91 Å². The molecule has 4 rings (SSSR count). The summed E-state index contributed by atoms with van der Waals surface area (Å²) >= 11 is 0. The van der Waals surface area contributed by atoms with Crippen LogP contribution in [0.1, 0.15) is 28.9 Å². The second-order valence-electron chi connectivity index (χ2n) is 7.49. The van der Waals surface area contributed by atoms with Crippen molar-refractivity contribution in [2.24, 2.45) is 0 Å². The fraction of sp³-hybridized carbons (Fsp3) is 0.286. The molecule has 1 saturated heterocycles. The molecule has 32 heavy (non-hydrogen) atoms. The number of amides is 1. The first-order chi connectivity index (χ1) is 15.1. The van der Waals surface area contributed by atoms with E-state index < -0.39 is 22.3 Å². The van der Waals surface area contributed by atoms with Crippen LogP contribution < -0.4 is 10.1 Å². The number of benzene rings is 1. The zero-order valence-electron chi connectivity index (χ0n) is 16.7. The molecular formula is C21H20F3N3O4S. The van der Waals surface area contributed by atoms with Gasteiger partial charge >= 0.3 is 6.18 Å². The van der Waals surface area contributed by atoms with E-state index in [4.69, 9.17) is 4.74 Å². The van der Waals surface area contributed by atoms with Crippen LogP contribution in [0.5, 0.6) is 11.6 Å². The summed E-state index contributed by atoms with van der Waals surface area (Å²) in [4.78, 5) is 20.6. The van der Waals surface area contributed by atoms with Crippen molar-refractivity contribution in [1.82, 2.24) is 15.3 Å². The summed E-state index contributed by atoms with van der Waals surface area (Å²) in [5.74, 6) is 0.596. The topological polar surface area (TPSA) is 105 Å². The Morgan fingerprint density at radius 1 is 1.09 bits per heavy atom. The standard InChI is InChI=1S/C21H20F3N3O4S/c22-21(23,24)14-2-6-19(25-12-14)31-16-3-5-17-13(11-16)1-4-18(27-17)20(28)26-15-7-9-32(29,30)10-8-15/h1-6,11-12,15,29-30H,7-10H2,(H,26,28). The molecule has 7 nitrogen and oxygen atoms in total. The number of pyridine rings is 2. The normalized spacial score (nSPS) is 17.7. The number of carbonyl (C=O) groups excluding carboxylic acids is 1. The van der Waals surface area contributed by atoms with Crippen LogP contribution in [0.15, 0.2) is 48.7 Å². The first-order valence-electron chi connectivity index (χ1n) is 9.75. The largest absolute Gasteiger partial charge is 0.439 e. The lowest BCUT2D eigenvalue weighted by molar-refractivity contribution is -0.137. The molecule has 0 atom stereocenters. The molecular weight excluding hydrogens is 447 g/mol. The van der Waals surface area contributed by atoms with Gasteiger partial charge in [0.05, 0.1) is 11.1 Å². The van der Waals surface area contributed by atoms with Gasteiger partial charge in [-0.3, -0.25) is 13.9 Å². The maximum Gasteiger partial charge on any atom is 0.417 e. The minimum absolute atomic E-state index is 0.0189. The summed E-state index contributed by atoms with van der Waals surface area (Å²) < 4.78 is 62.8. The van der Waals surface area contributed by atoms with Crippen LogP contribution in [0.4, 0.5) is 13.2 Å². The molecule has 1 amide bonds. The highest BCUT2D eigenvalue weighted by atomic mass is 32.3. The van der Waals surface area contributed by atoms with Crippen LogP contribution in [-0.2, 0) is 6.18 Å². The molecule has 1 aliphatic heterocycles. The number of alkyl halides is 3. The number of rotatable bonds is 4. The Bertz CT molecular complexity index is 1130. The first-order valence-corrected chi connectivity index (χ1v) is 11.6. The second-order valence-corrected chi connectivity index (χ2v) is 9.91. The van der Waals surface area contributed by atoms with Gasteiger partial charge in [0, 0.05) is 35.2 Å². The van der Waals surface area contributed by atoms with Gasteiger partial charge < -0.3 is 10.1 Å². The highest BCUT2D eigenvalue weighted by molar-refractivity contribution is 8.24. The molecule has 3 N–H and O–H groups in total. The van der Waals surface area contributed by atoms with Crippen molar-refractivity contribution < 1.29 is 31.8 Å². The Kier molecular flexibility index (Phi) is 5.97. The predicted molar refractivity (Wildman–Crippen MR) is 114 cm³/mol. The van der Waals surface area contributed by atoms with Gasteiger partial charge in [-0.1, -0.05) is 6.07 Å². The molecule has 0 spiro atoms. The fourth-order valence-electron chi connectivity index (χ4n) is 3.33. The van der Waals surface area contributed by atoms with Crippen molar-refractivity contribution in [1.29, 1.82) is 0 Å². The summed E-state index contributed by atoms with van der Waals surface area (Å²) in [6.07, 6.45) is -2.76. The molecule has 1 aromatic carbocycles. The van der Waals surface area contributed by atoms with Crippen LogP contribution in [0.2, 0.25) is 0 Å². The maximum absolute atomic E-state index is 12.6. The Labute approximate surface area is 183 Å². The number of hydrogen-bond acceptors (Lipinski definition) is 6. The number of nitrogens with zero attached hydrogens (tertiary/aromatic N) is 2. The number of ether oxygens (including phenoxy) is 1. The van der Waals surface area contributed by atoms with Crippen molar-refractivity contribution in [3.8, 4) is 11.6 Å². The van der Waals surface area contributed by atoms with E-state index in [2.05, 4.69) is 15.3 Å². The number of fused-ring (bicyclic) bond motifs is 1. The van der Waals surface area contributed by atoms with Crippen molar-refractivity contribution in [3.05, 3.63) is 59.9 Å². The van der Waals surface area contributed by atoms with Gasteiger partial charge in [-0.2, -0.15) is 23.8 Å². The third kappa shape index (κ3) is 5.29. The van der Waals surface area contributed by atoms with E-state index in [1.165, 1.54) is 0 Å². The monoisotopic (exact) mass is 467 g/mol. The molecule has 0 radical (unpaired) electrons. The Morgan fingerprint density at radius 2 is 1.84 bits per heavy atom. The summed E-state index contributed by atoms with van der Waals surface area (Å²) in [5, 5.41) is 3.55. The lowest BCUT2D eigenvalue weighted by Crippen LogP contribution is -2.40. The average Bonchev–Trinajstić information content (AvgIpc) is 2.74. The highest BCUT2D eigenvalue weighted by Gasteiger charge is 2.30. The summed E-state index contributed by atoms with van der Waals surface area (Å²) in [6.45, 7) is 0. The molecule has 3 aromatic rings. The van der Waals surface area contributed by atoms with Gasteiger partial charge in [-0.25, -0.2) is 9.97 Å². The molecule has 0 unspecified atom stereocenters. The van der Waals surface area contributed by atoms with Gasteiger partial charge in [-0.15, -0.1) is 0 Å². The lowest BCUT2D eigenvalue weighted by atomic mass is 10.1. The van der Waals surface area contributed by atoms with Crippen LogP contribution >= 0.6 is 10.6 Å². The molecule has 2 aromatic heterocycles. The van der Waals surface area contributed by atoms with Gasteiger partial charge in [0.2, 0.25) is 5.88 Å². The number of halogens is 3. The Balaban J connectivity index is 1.43. The molecule has 170 valence electrons. The van der Waals surface area contributed by atoms with E-state index in [0.29, 0.717) is 35.7 Å². The van der Waals surface area contributed by atoms with Crippen LogP contribution in [0.25, 0.3) is 10.9 Å². The van der Waals surface area contributed by atoms with Crippen LogP contribution in [0, 0.1) is 0 Å². The zero-order valence-corrected chi connectivity index (χ0v) is 17.5. The van der Waals surface area contributed by atoms with Gasteiger partial charge in [0.15, 0.2) is 0 Å². The molecule has 0 bridgehead atoms. The summed E-state index contributed by atoms with van der Waals surface area (Å²) in [6, 6.07) is 10.0. The summed E-state index contributed by atoms with van der Waals surface area (Å²) in [5.41, 5.74) is -0.0872. The first kappa shape index (κ1) is 22.3. The molecule has 11 heteroatoms. The fourth-order valence-corrected chi connectivity index (χ4v) is 4.86. The van der Waals surface area contributed by atoms with Crippen LogP contribution in [0.3, 0.4) is 0 Å². The van der Waals surface area contributed by atoms with Crippen molar-refractivity contribution in [2.75, 3.05) is 11.5 Å². The number of aromatic nitrogens is 2. The van der Waals surface area contributed by atoms with E-state index in [1.807, 2.05) is 0 Å². The van der Waals surface area contributed by atoms with Crippen LogP contribution in [-0.4, -0.2) is 42.5 Å². The Morgan fingerprint density at radius 3 is 2.50 bits per heavy atom. The molecule has 3 heterocycles. The third-order valence-electron chi connectivity index (χ3n) is 5.10. The highest BCUT2D eigenvalue weighted by Crippen LogP contribution is 2.43. The van der Waals surface area contributed by atoms with Crippen molar-refractivity contribution >= 4 is 27.4 Å². The van der Waals surface area contributed by atoms with E-state index >= 15 is 0 Å². The molecule has 0 saturated carbocycles. The van der Waals surface area contributed by atoms with Crippen molar-refractivity contribution in [3.63, 3.8) is 0 Å². The molecule has 1 fully saturated rings. The predicted octanol–water partition coefficient (Wildman–Crippen LogP) is 5.08. The lowest BCUT2D eigenvalue weighted by Gasteiger charge is -2.39. The molecule has 0 aliphatic carbocycles. The molecule has 1 aliphatic rings.